The van der Waals surface area contributed by atoms with Crippen LogP contribution >= 0.6 is 12.4 Å². The molecule has 1 fully saturated rings. The molecule has 162 valence electrons. The fourth-order valence-electron chi connectivity index (χ4n) is 3.38. The summed E-state index contributed by atoms with van der Waals surface area (Å²) in [6, 6.07) is 5.92. The van der Waals surface area contributed by atoms with E-state index in [1.165, 1.54) is 0 Å². The lowest BCUT2D eigenvalue weighted by Crippen LogP contribution is -2.58. The van der Waals surface area contributed by atoms with Gasteiger partial charge in [-0.3, -0.25) is 24.1 Å². The van der Waals surface area contributed by atoms with Crippen molar-refractivity contribution in [2.75, 3.05) is 13.2 Å². The Morgan fingerprint density at radius 2 is 2.07 bits per heavy atom. The zero-order valence-corrected chi connectivity index (χ0v) is 17.4. The van der Waals surface area contributed by atoms with E-state index >= 15 is 0 Å². The Kier molecular flexibility index (Phi) is 7.96. The number of nitrogens with one attached hydrogen (secondary N) is 2. The van der Waals surface area contributed by atoms with Crippen LogP contribution in [0.4, 0.5) is 0 Å². The van der Waals surface area contributed by atoms with Crippen molar-refractivity contribution in [1.82, 2.24) is 15.2 Å². The third-order valence-electron chi connectivity index (χ3n) is 4.87. The minimum absolute atomic E-state index is 0. The molecule has 0 bridgehead atoms. The van der Waals surface area contributed by atoms with Gasteiger partial charge in [0.1, 0.15) is 12.6 Å². The number of imide groups is 1. The van der Waals surface area contributed by atoms with Crippen LogP contribution < -0.4 is 11.1 Å². The third-order valence-corrected chi connectivity index (χ3v) is 4.87. The predicted molar refractivity (Wildman–Crippen MR) is 112 cm³/mol. The molecular weight excluding hydrogens is 412 g/mol. The Balaban J connectivity index is 0.00000320. The zero-order valence-electron chi connectivity index (χ0n) is 16.6. The number of aromatic amines is 1. The second kappa shape index (κ2) is 10.2. The highest BCUT2D eigenvalue weighted by Gasteiger charge is 2.37. The van der Waals surface area contributed by atoms with E-state index in [1.54, 1.807) is 6.92 Å². The Labute approximate surface area is 179 Å². The fourth-order valence-corrected chi connectivity index (χ4v) is 3.38. The highest BCUT2D eigenvalue weighted by molar-refractivity contribution is 6.04. The monoisotopic (exact) mass is 436 g/mol. The molecule has 0 radical (unpaired) electrons. The molecule has 1 aromatic heterocycles. The number of nitrogens with two attached hydrogens (primary N) is 1. The Morgan fingerprint density at radius 1 is 1.33 bits per heavy atom. The largest absolute Gasteiger partial charge is 0.465 e. The highest BCUT2D eigenvalue weighted by Crippen LogP contribution is 2.19. The number of aromatic nitrogens is 1. The summed E-state index contributed by atoms with van der Waals surface area (Å²) in [6.07, 6.45) is 2.32. The molecular formula is C20H25ClN4O5. The number of halogens is 1. The SMILES string of the molecule is CCOC(=O)CN1C(=O)CC[C@H](NC(=O)[C@@H](N)Cc2c[nH]c3ccccc23)C1=O.Cl. The lowest BCUT2D eigenvalue weighted by molar-refractivity contribution is -0.158. The Hall–Kier alpha value is -2.91. The standard InChI is InChI=1S/C20H24N4O5.ClH/c1-2-29-18(26)11-24-17(25)8-7-16(20(24)28)23-19(27)14(21)9-12-10-22-15-6-4-3-5-13(12)15;/h3-6,10,14,16,22H,2,7-9,11,21H2,1H3,(H,23,27);1H/t14-,16-;/m0./s1. The molecule has 30 heavy (non-hydrogen) atoms. The fraction of sp³-hybridized carbons (Fsp3) is 0.400. The van der Waals surface area contributed by atoms with Gasteiger partial charge in [-0.1, -0.05) is 18.2 Å². The van der Waals surface area contributed by atoms with E-state index in [9.17, 15) is 19.2 Å². The van der Waals surface area contributed by atoms with Crippen LogP contribution in [0.25, 0.3) is 10.9 Å². The summed E-state index contributed by atoms with van der Waals surface area (Å²) in [5, 5.41) is 3.60. The van der Waals surface area contributed by atoms with Crippen LogP contribution in [0.1, 0.15) is 25.3 Å². The molecule has 3 rings (SSSR count). The molecule has 0 saturated carbocycles. The Bertz CT molecular complexity index is 944. The van der Waals surface area contributed by atoms with Crippen LogP contribution in [-0.2, 0) is 30.3 Å². The molecule has 1 aliphatic heterocycles. The number of rotatable bonds is 7. The van der Waals surface area contributed by atoms with Gasteiger partial charge in [0.25, 0.3) is 5.91 Å². The number of carbonyl (C=O) groups is 4. The van der Waals surface area contributed by atoms with Gasteiger partial charge in [0.05, 0.1) is 12.6 Å². The lowest BCUT2D eigenvalue weighted by Gasteiger charge is -2.30. The van der Waals surface area contributed by atoms with E-state index in [4.69, 9.17) is 10.5 Å². The number of fused-ring (bicyclic) bond motifs is 1. The number of para-hydroxylation sites is 1. The lowest BCUT2D eigenvalue weighted by atomic mass is 10.0. The molecule has 0 aliphatic carbocycles. The third kappa shape index (κ3) is 5.17. The molecule has 0 spiro atoms. The molecule has 9 nitrogen and oxygen atoms in total. The first kappa shape index (κ1) is 23.4. The van der Waals surface area contributed by atoms with Crippen molar-refractivity contribution >= 4 is 47.0 Å². The molecule has 1 aliphatic rings. The number of ether oxygens (including phenoxy) is 1. The maximum Gasteiger partial charge on any atom is 0.326 e. The van der Waals surface area contributed by atoms with E-state index in [2.05, 4.69) is 10.3 Å². The molecule has 1 aromatic carbocycles. The molecule has 1 saturated heterocycles. The smallest absolute Gasteiger partial charge is 0.326 e. The van der Waals surface area contributed by atoms with Crippen molar-refractivity contribution in [3.63, 3.8) is 0 Å². The summed E-state index contributed by atoms with van der Waals surface area (Å²) in [6.45, 7) is 1.33. The Morgan fingerprint density at radius 3 is 2.80 bits per heavy atom. The number of hydrogen-bond acceptors (Lipinski definition) is 6. The van der Waals surface area contributed by atoms with E-state index < -0.39 is 42.3 Å². The van der Waals surface area contributed by atoms with Crippen molar-refractivity contribution in [2.45, 2.75) is 38.3 Å². The van der Waals surface area contributed by atoms with Crippen LogP contribution in [0.15, 0.2) is 30.5 Å². The first-order chi connectivity index (χ1) is 13.9. The van der Waals surface area contributed by atoms with Crippen LogP contribution in [0.3, 0.4) is 0 Å². The second-order valence-corrected chi connectivity index (χ2v) is 6.89. The first-order valence-electron chi connectivity index (χ1n) is 9.51. The number of hydrogen-bond donors (Lipinski definition) is 3. The van der Waals surface area contributed by atoms with Crippen molar-refractivity contribution in [3.8, 4) is 0 Å². The molecule has 2 atom stereocenters. The summed E-state index contributed by atoms with van der Waals surface area (Å²) in [4.78, 5) is 52.7. The number of amides is 3. The number of likely N-dealkylation sites (tertiary alicyclic amines) is 1. The van der Waals surface area contributed by atoms with Gasteiger partial charge in [-0.15, -0.1) is 12.4 Å². The van der Waals surface area contributed by atoms with Gasteiger partial charge in [-0.05, 0) is 31.4 Å². The van der Waals surface area contributed by atoms with Gasteiger partial charge in [0.2, 0.25) is 11.8 Å². The average molecular weight is 437 g/mol. The van der Waals surface area contributed by atoms with Crippen molar-refractivity contribution in [2.24, 2.45) is 5.73 Å². The number of esters is 1. The van der Waals surface area contributed by atoms with Gasteiger partial charge < -0.3 is 20.8 Å². The highest BCUT2D eigenvalue weighted by atomic mass is 35.5. The second-order valence-electron chi connectivity index (χ2n) is 6.89. The molecule has 2 heterocycles. The van der Waals surface area contributed by atoms with Gasteiger partial charge >= 0.3 is 5.97 Å². The van der Waals surface area contributed by atoms with Gasteiger partial charge in [0, 0.05) is 23.5 Å². The van der Waals surface area contributed by atoms with Crippen LogP contribution in [0.2, 0.25) is 0 Å². The normalized spacial score (nSPS) is 17.4. The molecule has 10 heteroatoms. The predicted octanol–water partition coefficient (Wildman–Crippen LogP) is 0.656. The zero-order chi connectivity index (χ0) is 21.0. The van der Waals surface area contributed by atoms with Crippen LogP contribution in [0.5, 0.6) is 0 Å². The quantitative estimate of drug-likeness (QED) is 0.431. The minimum atomic E-state index is -0.899. The number of H-pyrrole nitrogens is 1. The average Bonchev–Trinajstić information content (AvgIpc) is 3.10. The summed E-state index contributed by atoms with van der Waals surface area (Å²) < 4.78 is 4.79. The van der Waals surface area contributed by atoms with Gasteiger partial charge in [-0.2, -0.15) is 0 Å². The van der Waals surface area contributed by atoms with Gasteiger partial charge in [-0.25, -0.2) is 0 Å². The van der Waals surface area contributed by atoms with Crippen molar-refractivity contribution in [1.29, 1.82) is 0 Å². The maximum atomic E-state index is 12.6. The van der Waals surface area contributed by atoms with E-state index in [0.717, 1.165) is 21.4 Å². The van der Waals surface area contributed by atoms with Crippen LogP contribution in [-0.4, -0.2) is 58.8 Å². The van der Waals surface area contributed by atoms with E-state index in [-0.39, 0.29) is 31.9 Å². The van der Waals surface area contributed by atoms with E-state index in [0.29, 0.717) is 6.42 Å². The summed E-state index contributed by atoms with van der Waals surface area (Å²) in [7, 11) is 0. The first-order valence-corrected chi connectivity index (χ1v) is 9.51. The molecule has 2 aromatic rings. The molecule has 4 N–H and O–H groups in total. The maximum absolute atomic E-state index is 12.6. The number of carbonyl (C=O) groups excluding carboxylic acids is 4. The minimum Gasteiger partial charge on any atom is -0.465 e. The van der Waals surface area contributed by atoms with E-state index in [1.807, 2.05) is 30.5 Å². The summed E-state index contributed by atoms with van der Waals surface area (Å²) in [5.74, 6) is -2.24. The number of nitrogens with zero attached hydrogens (tertiary/aromatic N) is 1. The summed E-state index contributed by atoms with van der Waals surface area (Å²) in [5.41, 5.74) is 7.90. The van der Waals surface area contributed by atoms with Gasteiger partial charge in [0.15, 0.2) is 0 Å². The number of piperidine rings is 1. The molecule has 3 amide bonds. The summed E-state index contributed by atoms with van der Waals surface area (Å²) >= 11 is 0. The number of benzene rings is 1. The van der Waals surface area contributed by atoms with Crippen LogP contribution in [0, 0.1) is 0 Å². The van der Waals surface area contributed by atoms with Crippen molar-refractivity contribution < 1.29 is 23.9 Å². The topological polar surface area (TPSA) is 135 Å². The van der Waals surface area contributed by atoms with Crippen molar-refractivity contribution in [3.05, 3.63) is 36.0 Å². The molecule has 0 unspecified atom stereocenters.